The molecule has 7 heteroatoms. The monoisotopic (exact) mass is 360 g/mol. The number of fused-ring (bicyclic) bond motifs is 1. The molecule has 0 bridgehead atoms. The maximum absolute atomic E-state index is 12.5. The van der Waals surface area contributed by atoms with Crippen molar-refractivity contribution in [3.8, 4) is 11.3 Å². The van der Waals surface area contributed by atoms with Crippen molar-refractivity contribution in [3.63, 3.8) is 0 Å². The molecular weight excluding hydrogens is 340 g/mol. The first kappa shape index (κ1) is 16.1. The topological polar surface area (TPSA) is 106 Å². The maximum atomic E-state index is 12.5. The molecule has 27 heavy (non-hydrogen) atoms. The molecule has 1 saturated carbocycles. The molecule has 7 nitrogen and oxygen atoms in total. The number of carbonyl (C=O) groups is 1. The first-order valence-corrected chi connectivity index (χ1v) is 9.05. The van der Waals surface area contributed by atoms with E-state index in [-0.39, 0.29) is 17.2 Å². The molecule has 4 N–H and O–H groups in total. The number of hydrogen-bond acceptors (Lipinski definition) is 6. The Bertz CT molecular complexity index is 1080. The second-order valence-electron chi connectivity index (χ2n) is 7.59. The molecule has 1 aliphatic heterocycles. The van der Waals surface area contributed by atoms with Gasteiger partial charge in [0.1, 0.15) is 11.6 Å². The van der Waals surface area contributed by atoms with E-state index in [1.165, 1.54) is 0 Å². The molecule has 3 aromatic heterocycles. The van der Waals surface area contributed by atoms with Gasteiger partial charge in [0, 0.05) is 54.0 Å². The zero-order valence-corrected chi connectivity index (χ0v) is 15.0. The summed E-state index contributed by atoms with van der Waals surface area (Å²) in [5, 5.41) is 7.86. The molecule has 0 radical (unpaired) electrons. The van der Waals surface area contributed by atoms with Crippen LogP contribution >= 0.6 is 0 Å². The SMILES string of the molecule is Cc1ccncc1-c1cc2cc(NC(=O)C3CC34CNC4)ncc2c(N)n1. The number of anilines is 2. The lowest BCUT2D eigenvalue weighted by molar-refractivity contribution is -0.118. The Morgan fingerprint density at radius 1 is 1.33 bits per heavy atom. The van der Waals surface area contributed by atoms with Crippen molar-refractivity contribution in [1.29, 1.82) is 0 Å². The fraction of sp³-hybridized carbons (Fsp3) is 0.300. The van der Waals surface area contributed by atoms with Crippen LogP contribution < -0.4 is 16.4 Å². The highest BCUT2D eigenvalue weighted by Crippen LogP contribution is 2.55. The van der Waals surface area contributed by atoms with Gasteiger partial charge in [-0.3, -0.25) is 9.78 Å². The van der Waals surface area contributed by atoms with Gasteiger partial charge in [-0.15, -0.1) is 0 Å². The third-order valence-corrected chi connectivity index (χ3v) is 5.77. The minimum atomic E-state index is 0.0497. The van der Waals surface area contributed by atoms with E-state index in [1.54, 1.807) is 18.6 Å². The van der Waals surface area contributed by atoms with Crippen LogP contribution in [0.4, 0.5) is 11.6 Å². The fourth-order valence-electron chi connectivity index (χ4n) is 3.88. The predicted molar refractivity (Wildman–Crippen MR) is 104 cm³/mol. The van der Waals surface area contributed by atoms with Crippen molar-refractivity contribution in [1.82, 2.24) is 20.3 Å². The van der Waals surface area contributed by atoms with Gasteiger partial charge >= 0.3 is 0 Å². The Hall–Kier alpha value is -3.06. The number of nitrogens with two attached hydrogens (primary N) is 1. The number of rotatable bonds is 3. The number of nitrogen functional groups attached to an aromatic ring is 1. The molecule has 2 fully saturated rings. The normalized spacial score (nSPS) is 19.7. The third-order valence-electron chi connectivity index (χ3n) is 5.77. The van der Waals surface area contributed by atoms with Crippen LogP contribution in [0.15, 0.2) is 36.8 Å². The zero-order chi connectivity index (χ0) is 18.6. The van der Waals surface area contributed by atoms with E-state index in [0.717, 1.165) is 47.1 Å². The highest BCUT2D eigenvalue weighted by atomic mass is 16.2. The van der Waals surface area contributed by atoms with Crippen molar-refractivity contribution in [2.45, 2.75) is 13.3 Å². The predicted octanol–water partition coefficient (Wildman–Crippen LogP) is 2.13. The van der Waals surface area contributed by atoms with Gasteiger partial charge < -0.3 is 16.4 Å². The van der Waals surface area contributed by atoms with Gasteiger partial charge in [0.2, 0.25) is 5.91 Å². The Morgan fingerprint density at radius 3 is 2.89 bits per heavy atom. The molecule has 1 unspecified atom stereocenters. The van der Waals surface area contributed by atoms with E-state index in [4.69, 9.17) is 5.73 Å². The van der Waals surface area contributed by atoms with Crippen LogP contribution in [0, 0.1) is 18.3 Å². The van der Waals surface area contributed by atoms with E-state index in [2.05, 4.69) is 25.6 Å². The number of hydrogen-bond donors (Lipinski definition) is 3. The Kier molecular flexibility index (Phi) is 3.42. The van der Waals surface area contributed by atoms with Crippen molar-refractivity contribution in [2.24, 2.45) is 11.3 Å². The van der Waals surface area contributed by atoms with Crippen LogP contribution in [-0.4, -0.2) is 33.9 Å². The average molecular weight is 360 g/mol. The van der Waals surface area contributed by atoms with Gasteiger partial charge in [0.15, 0.2) is 0 Å². The molecular formula is C20H20N6O. The smallest absolute Gasteiger partial charge is 0.229 e. The van der Waals surface area contributed by atoms with Crippen molar-refractivity contribution >= 4 is 28.3 Å². The van der Waals surface area contributed by atoms with Gasteiger partial charge in [-0.05, 0) is 42.5 Å². The second-order valence-corrected chi connectivity index (χ2v) is 7.59. The number of aromatic nitrogens is 3. The van der Waals surface area contributed by atoms with Crippen LogP contribution in [0.2, 0.25) is 0 Å². The molecule has 0 aromatic carbocycles. The largest absolute Gasteiger partial charge is 0.383 e. The first-order chi connectivity index (χ1) is 13.1. The minimum absolute atomic E-state index is 0.0497. The van der Waals surface area contributed by atoms with Crippen LogP contribution in [0.3, 0.4) is 0 Å². The third kappa shape index (κ3) is 2.62. The van der Waals surface area contributed by atoms with Crippen molar-refractivity contribution in [3.05, 3.63) is 42.4 Å². The number of carbonyl (C=O) groups excluding carboxylic acids is 1. The summed E-state index contributed by atoms with van der Waals surface area (Å²) >= 11 is 0. The summed E-state index contributed by atoms with van der Waals surface area (Å²) in [7, 11) is 0. The summed E-state index contributed by atoms with van der Waals surface area (Å²) in [6, 6.07) is 5.76. The molecule has 1 spiro atoms. The van der Waals surface area contributed by atoms with Crippen LogP contribution in [-0.2, 0) is 4.79 Å². The molecule has 1 amide bonds. The lowest BCUT2D eigenvalue weighted by Gasteiger charge is -2.28. The van der Waals surface area contributed by atoms with Crippen LogP contribution in [0.1, 0.15) is 12.0 Å². The van der Waals surface area contributed by atoms with Gasteiger partial charge in [-0.1, -0.05) is 0 Å². The summed E-state index contributed by atoms with van der Waals surface area (Å²) < 4.78 is 0. The Labute approximate surface area is 156 Å². The highest BCUT2D eigenvalue weighted by molar-refractivity contribution is 5.98. The van der Waals surface area contributed by atoms with Crippen molar-refractivity contribution < 1.29 is 4.79 Å². The fourth-order valence-corrected chi connectivity index (χ4v) is 3.88. The molecule has 3 aromatic rings. The summed E-state index contributed by atoms with van der Waals surface area (Å²) in [5.41, 5.74) is 9.12. The molecule has 5 rings (SSSR count). The summed E-state index contributed by atoms with van der Waals surface area (Å²) in [4.78, 5) is 25.5. The van der Waals surface area contributed by atoms with E-state index >= 15 is 0 Å². The number of amides is 1. The average Bonchev–Trinajstić information content (AvgIpc) is 3.38. The van der Waals surface area contributed by atoms with Crippen LogP contribution in [0.5, 0.6) is 0 Å². The standard InChI is InChI=1S/C20H20N6O/c1-11-2-3-22-7-13(11)16-4-12-5-17(24-8-14(12)18(21)25-16)26-19(27)15-6-20(15)9-23-10-20/h2-5,7-8,15,23H,6,9-10H2,1H3,(H2,21,25)(H,24,26,27). The van der Waals surface area contributed by atoms with E-state index in [0.29, 0.717) is 11.6 Å². The van der Waals surface area contributed by atoms with Crippen molar-refractivity contribution in [2.75, 3.05) is 24.1 Å². The summed E-state index contributed by atoms with van der Waals surface area (Å²) in [6.45, 7) is 3.89. The highest BCUT2D eigenvalue weighted by Gasteiger charge is 2.61. The Balaban J connectivity index is 1.47. The minimum Gasteiger partial charge on any atom is -0.383 e. The number of nitrogens with zero attached hydrogens (tertiary/aromatic N) is 3. The van der Waals surface area contributed by atoms with Gasteiger partial charge in [0.05, 0.1) is 5.69 Å². The van der Waals surface area contributed by atoms with E-state index < -0.39 is 0 Å². The summed E-state index contributed by atoms with van der Waals surface area (Å²) in [5.74, 6) is 1.10. The molecule has 4 heterocycles. The van der Waals surface area contributed by atoms with Crippen LogP contribution in [0.25, 0.3) is 22.0 Å². The van der Waals surface area contributed by atoms with Gasteiger partial charge in [0.25, 0.3) is 0 Å². The lowest BCUT2D eigenvalue weighted by atomic mass is 9.96. The number of pyridine rings is 3. The molecule has 136 valence electrons. The summed E-state index contributed by atoms with van der Waals surface area (Å²) in [6.07, 6.45) is 6.16. The maximum Gasteiger partial charge on any atom is 0.229 e. The Morgan fingerprint density at radius 2 is 2.19 bits per heavy atom. The number of nitrogens with one attached hydrogen (secondary N) is 2. The van der Waals surface area contributed by atoms with Gasteiger partial charge in [-0.25, -0.2) is 9.97 Å². The first-order valence-electron chi connectivity index (χ1n) is 9.05. The lowest BCUT2D eigenvalue weighted by Crippen LogP contribution is -2.46. The zero-order valence-electron chi connectivity index (χ0n) is 15.0. The second kappa shape index (κ2) is 5.72. The molecule has 2 aliphatic rings. The quantitative estimate of drug-likeness (QED) is 0.661. The molecule has 1 saturated heterocycles. The molecule has 1 atom stereocenters. The number of aryl methyl sites for hydroxylation is 1. The van der Waals surface area contributed by atoms with E-state index in [9.17, 15) is 4.79 Å². The molecule has 1 aliphatic carbocycles. The van der Waals surface area contributed by atoms with Gasteiger partial charge in [-0.2, -0.15) is 0 Å². The van der Waals surface area contributed by atoms with E-state index in [1.807, 2.05) is 25.1 Å².